The van der Waals surface area contributed by atoms with Crippen molar-refractivity contribution in [2.45, 2.75) is 6.92 Å². The quantitative estimate of drug-likeness (QED) is 0.774. The van der Waals surface area contributed by atoms with Crippen molar-refractivity contribution in [3.63, 3.8) is 0 Å². The minimum atomic E-state index is 0.470. The normalized spacial score (nSPS) is 10.3. The maximum Gasteiger partial charge on any atom is 0.253 e. The van der Waals surface area contributed by atoms with Crippen molar-refractivity contribution in [3.8, 4) is 0 Å². The third kappa shape index (κ3) is 1.60. The van der Waals surface area contributed by atoms with E-state index < -0.39 is 0 Å². The Labute approximate surface area is 83.7 Å². The lowest BCUT2D eigenvalue weighted by molar-refractivity contribution is 1.04. The summed E-state index contributed by atoms with van der Waals surface area (Å²) < 4.78 is 2.67. The number of nitrogens with zero attached hydrogens (tertiary/aromatic N) is 3. The highest BCUT2D eigenvalue weighted by molar-refractivity contribution is 9.10. The largest absolute Gasteiger partial charge is 0.289 e. The van der Waals surface area contributed by atoms with E-state index in [-0.39, 0.29) is 0 Å². The van der Waals surface area contributed by atoms with Crippen LogP contribution < -0.4 is 4.34 Å². The molecule has 0 aliphatic heterocycles. The molecule has 0 aliphatic carbocycles. The fraction of sp³-hybridized carbons (Fsp3) is 0.125. The van der Waals surface area contributed by atoms with Gasteiger partial charge in [-0.05, 0) is 24.6 Å². The molecule has 0 unspecified atom stereocenters. The van der Waals surface area contributed by atoms with Crippen molar-refractivity contribution in [1.82, 2.24) is 15.2 Å². The fourth-order valence-corrected chi connectivity index (χ4v) is 1.25. The second kappa shape index (κ2) is 3.26. The van der Waals surface area contributed by atoms with Crippen molar-refractivity contribution in [2.75, 3.05) is 4.34 Å². The van der Waals surface area contributed by atoms with Crippen molar-refractivity contribution >= 4 is 33.1 Å². The molecule has 4 nitrogen and oxygen atoms in total. The SMILES string of the molecule is Cc1ccc2nnc(NBr)nc2c1. The summed E-state index contributed by atoms with van der Waals surface area (Å²) in [5, 5.41) is 7.82. The number of nitrogens with one attached hydrogen (secondary N) is 1. The van der Waals surface area contributed by atoms with Crippen molar-refractivity contribution in [3.05, 3.63) is 23.8 Å². The number of aryl methyl sites for hydroxylation is 1. The number of benzene rings is 1. The van der Waals surface area contributed by atoms with Crippen molar-refractivity contribution in [2.24, 2.45) is 0 Å². The van der Waals surface area contributed by atoms with Gasteiger partial charge in [-0.2, -0.15) is 0 Å². The monoisotopic (exact) mass is 238 g/mol. The minimum absolute atomic E-state index is 0.470. The first kappa shape index (κ1) is 8.37. The summed E-state index contributed by atoms with van der Waals surface area (Å²) in [7, 11) is 0. The lowest BCUT2D eigenvalue weighted by Crippen LogP contribution is -1.94. The van der Waals surface area contributed by atoms with Gasteiger partial charge in [0.05, 0.1) is 5.52 Å². The summed E-state index contributed by atoms with van der Waals surface area (Å²) in [5.41, 5.74) is 2.81. The standard InChI is InChI=1S/C8H7BrN4/c1-5-2-3-6-7(4-5)10-8(11-9)13-12-6/h2-4H,1H3,(H,10,11,13). The van der Waals surface area contributed by atoms with Crippen molar-refractivity contribution in [1.29, 1.82) is 0 Å². The molecule has 1 aromatic heterocycles. The van der Waals surface area contributed by atoms with Gasteiger partial charge in [-0.25, -0.2) is 4.98 Å². The smallest absolute Gasteiger partial charge is 0.253 e. The highest BCUT2D eigenvalue weighted by atomic mass is 79.9. The topological polar surface area (TPSA) is 50.7 Å². The van der Waals surface area contributed by atoms with E-state index in [1.807, 2.05) is 25.1 Å². The minimum Gasteiger partial charge on any atom is -0.289 e. The number of halogens is 1. The second-order valence-corrected chi connectivity index (χ2v) is 3.12. The van der Waals surface area contributed by atoms with Gasteiger partial charge in [0.1, 0.15) is 5.52 Å². The molecule has 0 bridgehead atoms. The molecule has 0 radical (unpaired) electrons. The first-order chi connectivity index (χ1) is 6.29. The van der Waals surface area contributed by atoms with Gasteiger partial charge in [-0.15, -0.1) is 10.2 Å². The molecule has 0 amide bonds. The Hall–Kier alpha value is -1.23. The van der Waals surface area contributed by atoms with Crippen LogP contribution in [0.2, 0.25) is 0 Å². The Kier molecular flexibility index (Phi) is 2.10. The number of fused-ring (bicyclic) bond motifs is 1. The van der Waals surface area contributed by atoms with Gasteiger partial charge < -0.3 is 0 Å². The van der Waals surface area contributed by atoms with Crippen LogP contribution >= 0.6 is 16.1 Å². The molecule has 0 saturated carbocycles. The summed E-state index contributed by atoms with van der Waals surface area (Å²) in [4.78, 5) is 4.22. The van der Waals surface area contributed by atoms with Gasteiger partial charge in [0.2, 0.25) is 0 Å². The van der Waals surface area contributed by atoms with Gasteiger partial charge in [0.25, 0.3) is 5.95 Å². The zero-order valence-electron chi connectivity index (χ0n) is 6.95. The molecule has 1 N–H and O–H groups in total. The highest BCUT2D eigenvalue weighted by Gasteiger charge is 1.99. The molecule has 13 heavy (non-hydrogen) atoms. The fourth-order valence-electron chi connectivity index (χ4n) is 1.09. The van der Waals surface area contributed by atoms with Gasteiger partial charge in [0, 0.05) is 16.1 Å². The maximum absolute atomic E-state index is 4.22. The van der Waals surface area contributed by atoms with E-state index in [4.69, 9.17) is 0 Å². The van der Waals surface area contributed by atoms with Crippen LogP contribution in [0.15, 0.2) is 18.2 Å². The molecule has 0 atom stereocenters. The Morgan fingerprint density at radius 1 is 1.23 bits per heavy atom. The van der Waals surface area contributed by atoms with Crippen LogP contribution in [0.25, 0.3) is 11.0 Å². The van der Waals surface area contributed by atoms with Crippen LogP contribution in [0, 0.1) is 6.92 Å². The summed E-state index contributed by atoms with van der Waals surface area (Å²) in [6.45, 7) is 2.02. The molecule has 1 aromatic carbocycles. The molecular weight excluding hydrogens is 232 g/mol. The van der Waals surface area contributed by atoms with E-state index in [0.29, 0.717) is 5.95 Å². The third-order valence-electron chi connectivity index (χ3n) is 1.69. The van der Waals surface area contributed by atoms with Gasteiger partial charge in [-0.1, -0.05) is 6.07 Å². The van der Waals surface area contributed by atoms with E-state index in [9.17, 15) is 0 Å². The zero-order chi connectivity index (χ0) is 9.26. The molecular formula is C8H7BrN4. The lowest BCUT2D eigenvalue weighted by atomic mass is 10.2. The van der Waals surface area contributed by atoms with Crippen LogP contribution in [0.5, 0.6) is 0 Å². The van der Waals surface area contributed by atoms with Gasteiger partial charge in [0.15, 0.2) is 0 Å². The molecule has 66 valence electrons. The summed E-state index contributed by atoms with van der Waals surface area (Å²) >= 11 is 3.05. The number of anilines is 1. The van der Waals surface area contributed by atoms with Crippen molar-refractivity contribution < 1.29 is 0 Å². The molecule has 0 fully saturated rings. The first-order valence-corrected chi connectivity index (χ1v) is 4.56. The molecule has 0 aliphatic rings. The summed E-state index contributed by atoms with van der Waals surface area (Å²) in [6.07, 6.45) is 0. The van der Waals surface area contributed by atoms with Crippen LogP contribution in [0.4, 0.5) is 5.95 Å². The Balaban J connectivity index is 2.68. The van der Waals surface area contributed by atoms with E-state index in [1.54, 1.807) is 0 Å². The predicted octanol–water partition coefficient (Wildman–Crippen LogP) is 2.06. The average Bonchev–Trinajstić information content (AvgIpc) is 2.16. The summed E-state index contributed by atoms with van der Waals surface area (Å²) in [5.74, 6) is 0.470. The number of hydrogen-bond donors (Lipinski definition) is 1. The van der Waals surface area contributed by atoms with Crippen LogP contribution in [0.3, 0.4) is 0 Å². The third-order valence-corrected chi connectivity index (χ3v) is 2.05. The maximum atomic E-state index is 4.22. The molecule has 2 rings (SSSR count). The van der Waals surface area contributed by atoms with E-state index in [2.05, 4.69) is 35.7 Å². The average molecular weight is 239 g/mol. The molecule has 5 heteroatoms. The lowest BCUT2D eigenvalue weighted by Gasteiger charge is -1.98. The van der Waals surface area contributed by atoms with Gasteiger partial charge >= 0.3 is 0 Å². The second-order valence-electron chi connectivity index (χ2n) is 2.72. The zero-order valence-corrected chi connectivity index (χ0v) is 8.54. The van der Waals surface area contributed by atoms with E-state index in [0.717, 1.165) is 16.6 Å². The molecule has 0 saturated heterocycles. The van der Waals surface area contributed by atoms with E-state index >= 15 is 0 Å². The Morgan fingerprint density at radius 3 is 2.85 bits per heavy atom. The number of rotatable bonds is 1. The first-order valence-electron chi connectivity index (χ1n) is 3.77. The summed E-state index contributed by atoms with van der Waals surface area (Å²) in [6, 6.07) is 5.86. The Bertz CT molecular complexity index is 443. The predicted molar refractivity (Wildman–Crippen MR) is 54.6 cm³/mol. The van der Waals surface area contributed by atoms with Crippen LogP contribution in [-0.2, 0) is 0 Å². The molecule has 2 aromatic rings. The Morgan fingerprint density at radius 2 is 2.08 bits per heavy atom. The van der Waals surface area contributed by atoms with Gasteiger partial charge in [-0.3, -0.25) is 4.34 Å². The number of aromatic nitrogens is 3. The molecule has 0 spiro atoms. The molecule has 1 heterocycles. The van der Waals surface area contributed by atoms with E-state index in [1.165, 1.54) is 0 Å². The van der Waals surface area contributed by atoms with Crippen LogP contribution in [0.1, 0.15) is 5.56 Å². The number of hydrogen-bond acceptors (Lipinski definition) is 4. The van der Waals surface area contributed by atoms with Crippen LogP contribution in [-0.4, -0.2) is 15.2 Å². The highest BCUT2D eigenvalue weighted by Crippen LogP contribution is 2.12.